The molecule has 230 valence electrons. The molecule has 0 unspecified atom stereocenters. The van der Waals surface area contributed by atoms with Gasteiger partial charge in [0.15, 0.2) is 0 Å². The molecule has 3 N–H and O–H groups in total. The van der Waals surface area contributed by atoms with E-state index in [9.17, 15) is 37.9 Å². The molecule has 0 heterocycles. The Balaban J connectivity index is 1.51. The van der Waals surface area contributed by atoms with Crippen LogP contribution >= 0.6 is 0 Å². The van der Waals surface area contributed by atoms with Gasteiger partial charge in [-0.25, -0.2) is 0 Å². The third-order valence-electron chi connectivity index (χ3n) is 9.50. The molecule has 2 bridgehead atoms. The van der Waals surface area contributed by atoms with E-state index in [4.69, 9.17) is 9.47 Å². The zero-order valence-electron chi connectivity index (χ0n) is 24.3. The predicted molar refractivity (Wildman–Crippen MR) is 145 cm³/mol. The van der Waals surface area contributed by atoms with E-state index < -0.39 is 53.3 Å². The number of carboxylic acids is 1. The average molecular weight is 594 g/mol. The molecule has 0 aromatic heterocycles. The lowest BCUT2D eigenvalue weighted by atomic mass is 9.75. The maximum atomic E-state index is 13.6. The molecular formula is C30H38F3N3O6. The highest BCUT2D eigenvalue weighted by molar-refractivity contribution is 5.98. The van der Waals surface area contributed by atoms with Gasteiger partial charge in [0, 0.05) is 18.7 Å². The number of benzene rings is 1. The van der Waals surface area contributed by atoms with Gasteiger partial charge in [0.05, 0.1) is 41.1 Å². The van der Waals surface area contributed by atoms with Crippen LogP contribution in [0.2, 0.25) is 0 Å². The summed E-state index contributed by atoms with van der Waals surface area (Å²) >= 11 is 0. The van der Waals surface area contributed by atoms with E-state index in [1.54, 1.807) is 6.92 Å². The molecule has 4 atom stereocenters. The van der Waals surface area contributed by atoms with Gasteiger partial charge in [0.1, 0.15) is 17.6 Å². The van der Waals surface area contributed by atoms with Gasteiger partial charge in [-0.3, -0.25) is 14.4 Å². The van der Waals surface area contributed by atoms with Crippen LogP contribution in [0.4, 0.5) is 13.2 Å². The summed E-state index contributed by atoms with van der Waals surface area (Å²) < 4.78 is 51.5. The molecule has 3 aliphatic rings. The first-order chi connectivity index (χ1) is 19.6. The molecule has 9 nitrogen and oxygen atoms in total. The number of amides is 2. The van der Waals surface area contributed by atoms with Gasteiger partial charge in [0.2, 0.25) is 5.91 Å². The maximum Gasteiger partial charge on any atom is 0.395 e. The van der Waals surface area contributed by atoms with Crippen molar-refractivity contribution < 1.29 is 42.1 Å². The number of alkyl halides is 3. The molecule has 0 radical (unpaired) electrons. The fourth-order valence-electron chi connectivity index (χ4n) is 6.46. The number of hydrogen-bond acceptors (Lipinski definition) is 6. The maximum absolute atomic E-state index is 13.6. The van der Waals surface area contributed by atoms with Gasteiger partial charge >= 0.3 is 12.1 Å². The number of aliphatic carboxylic acids is 1. The molecule has 4 rings (SSSR count). The number of rotatable bonds is 9. The first-order valence-corrected chi connectivity index (χ1v) is 14.3. The highest BCUT2D eigenvalue weighted by atomic mass is 19.4. The number of methoxy groups -OCH3 is 1. The Morgan fingerprint density at radius 1 is 1.10 bits per heavy atom. The molecule has 0 aliphatic heterocycles. The van der Waals surface area contributed by atoms with Crippen molar-refractivity contribution in [1.29, 1.82) is 5.26 Å². The SMILES string of the molecule is COc1cc(C#N)c(O[C@H]2CC[C@@](C)(C(=O)O)CC2)cc1C(=O)N[C@@H]1[C@H]2CC[C@H](C2)[C@@H]1C(=O)NCC(C)(C)C(F)(F)F. The number of fused-ring (bicyclic) bond motifs is 2. The summed E-state index contributed by atoms with van der Waals surface area (Å²) in [6.45, 7) is 3.19. The minimum atomic E-state index is -4.48. The summed E-state index contributed by atoms with van der Waals surface area (Å²) in [5, 5.41) is 24.7. The summed E-state index contributed by atoms with van der Waals surface area (Å²) in [6.07, 6.45) is -0.819. The largest absolute Gasteiger partial charge is 0.496 e. The molecule has 42 heavy (non-hydrogen) atoms. The second kappa shape index (κ2) is 11.7. The quantitative estimate of drug-likeness (QED) is 0.373. The van der Waals surface area contributed by atoms with E-state index in [1.165, 1.54) is 19.2 Å². The number of carboxylic acid groups (broad SMARTS) is 1. The van der Waals surface area contributed by atoms with Gasteiger partial charge in [0.25, 0.3) is 5.91 Å². The molecular weight excluding hydrogens is 555 g/mol. The molecule has 0 saturated heterocycles. The number of carbonyl (C=O) groups excluding carboxylic acids is 2. The Labute approximate surface area is 243 Å². The third-order valence-corrected chi connectivity index (χ3v) is 9.50. The Morgan fingerprint density at radius 3 is 2.31 bits per heavy atom. The van der Waals surface area contributed by atoms with Crippen LogP contribution in [-0.4, -0.2) is 54.9 Å². The second-order valence-corrected chi connectivity index (χ2v) is 12.8. The topological polar surface area (TPSA) is 138 Å². The minimum absolute atomic E-state index is 0.0104. The van der Waals surface area contributed by atoms with Gasteiger partial charge in [-0.2, -0.15) is 18.4 Å². The smallest absolute Gasteiger partial charge is 0.395 e. The van der Waals surface area contributed by atoms with E-state index in [0.29, 0.717) is 32.1 Å². The van der Waals surface area contributed by atoms with Crippen LogP contribution in [0.15, 0.2) is 12.1 Å². The Bertz CT molecular complexity index is 1270. The summed E-state index contributed by atoms with van der Waals surface area (Å²) in [7, 11) is 1.36. The molecule has 3 aliphatic carbocycles. The molecule has 0 spiro atoms. The first kappa shape index (κ1) is 31.4. The van der Waals surface area contributed by atoms with E-state index >= 15 is 0 Å². The number of carbonyl (C=O) groups is 3. The van der Waals surface area contributed by atoms with Crippen LogP contribution in [0.25, 0.3) is 0 Å². The highest BCUT2D eigenvalue weighted by Gasteiger charge is 2.53. The standard InChI is InChI=1S/C30H38F3N3O6/c1-28(2,30(31,32)33)15-35-26(38)23-16-5-6-17(11-16)24(23)36-25(37)20-13-21(18(14-34)12-22(20)41-4)42-19-7-9-29(3,10-8-19)27(39)40/h12-13,16-17,19,23-24H,5-11,15H2,1-4H3,(H,35,38)(H,36,37)(H,39,40)/t16-,17+,19-,23+,24-,29+/m1/s1. The zero-order chi connectivity index (χ0) is 31.0. The fourth-order valence-corrected chi connectivity index (χ4v) is 6.46. The Morgan fingerprint density at radius 2 is 1.74 bits per heavy atom. The van der Waals surface area contributed by atoms with Crippen molar-refractivity contribution in [3.63, 3.8) is 0 Å². The van der Waals surface area contributed by atoms with Gasteiger partial charge in [-0.1, -0.05) is 0 Å². The van der Waals surface area contributed by atoms with Crippen molar-refractivity contribution in [3.8, 4) is 17.6 Å². The van der Waals surface area contributed by atoms with Crippen LogP contribution in [0, 0.1) is 39.9 Å². The Kier molecular flexibility index (Phi) is 8.72. The number of ether oxygens (including phenoxy) is 2. The van der Waals surface area contributed by atoms with E-state index in [-0.39, 0.29) is 40.6 Å². The third kappa shape index (κ3) is 6.15. The number of nitriles is 1. The lowest BCUT2D eigenvalue weighted by Gasteiger charge is -2.34. The van der Waals surface area contributed by atoms with Crippen molar-refractivity contribution >= 4 is 17.8 Å². The van der Waals surface area contributed by atoms with Crippen molar-refractivity contribution in [1.82, 2.24) is 10.6 Å². The monoisotopic (exact) mass is 593 g/mol. The molecule has 2 amide bonds. The molecule has 3 saturated carbocycles. The number of nitrogens with one attached hydrogen (secondary N) is 2. The van der Waals surface area contributed by atoms with Gasteiger partial charge in [-0.15, -0.1) is 0 Å². The van der Waals surface area contributed by atoms with E-state index in [0.717, 1.165) is 26.7 Å². The van der Waals surface area contributed by atoms with Crippen LogP contribution in [0.3, 0.4) is 0 Å². The summed E-state index contributed by atoms with van der Waals surface area (Å²) in [5.41, 5.74) is -2.69. The molecule has 1 aromatic rings. The first-order valence-electron chi connectivity index (χ1n) is 14.3. The number of nitrogens with zero attached hydrogens (tertiary/aromatic N) is 1. The highest BCUT2D eigenvalue weighted by Crippen LogP contribution is 2.49. The molecule has 12 heteroatoms. The fraction of sp³-hybridized carbons (Fsp3) is 0.667. The average Bonchev–Trinajstić information content (AvgIpc) is 3.54. The van der Waals surface area contributed by atoms with Crippen LogP contribution in [0.5, 0.6) is 11.5 Å². The molecule has 1 aromatic carbocycles. The number of halogens is 3. The summed E-state index contributed by atoms with van der Waals surface area (Å²) in [4.78, 5) is 38.4. The predicted octanol–water partition coefficient (Wildman–Crippen LogP) is 4.83. The van der Waals surface area contributed by atoms with E-state index in [2.05, 4.69) is 16.7 Å². The second-order valence-electron chi connectivity index (χ2n) is 12.8. The number of hydrogen-bond donors (Lipinski definition) is 3. The van der Waals surface area contributed by atoms with Gasteiger partial charge < -0.3 is 25.2 Å². The summed E-state index contributed by atoms with van der Waals surface area (Å²) in [6, 6.07) is 4.31. The lowest BCUT2D eigenvalue weighted by molar-refractivity contribution is -0.209. The zero-order valence-corrected chi connectivity index (χ0v) is 24.3. The van der Waals surface area contributed by atoms with Crippen molar-refractivity contribution in [2.75, 3.05) is 13.7 Å². The van der Waals surface area contributed by atoms with Crippen molar-refractivity contribution in [2.24, 2.45) is 28.6 Å². The van der Waals surface area contributed by atoms with E-state index in [1.807, 2.05) is 0 Å². The molecule has 3 fully saturated rings. The van der Waals surface area contributed by atoms with Crippen molar-refractivity contribution in [3.05, 3.63) is 23.3 Å². The summed E-state index contributed by atoms with van der Waals surface area (Å²) in [5.74, 6) is -2.31. The Hall–Kier alpha value is -3.49. The van der Waals surface area contributed by atoms with Crippen LogP contribution in [0.1, 0.15) is 81.6 Å². The van der Waals surface area contributed by atoms with Crippen molar-refractivity contribution in [2.45, 2.75) is 84.0 Å². The van der Waals surface area contributed by atoms with Gasteiger partial charge in [-0.05, 0) is 83.6 Å². The van der Waals surface area contributed by atoms with Crippen LogP contribution in [-0.2, 0) is 9.59 Å². The lowest BCUT2D eigenvalue weighted by Crippen LogP contribution is -2.52. The van der Waals surface area contributed by atoms with Crippen LogP contribution < -0.4 is 20.1 Å². The normalized spacial score (nSPS) is 29.0. The minimum Gasteiger partial charge on any atom is -0.496 e.